The number of hydrogen-bond donors (Lipinski definition) is 0. The summed E-state index contributed by atoms with van der Waals surface area (Å²) in [5.74, 6) is -0.759. The van der Waals surface area contributed by atoms with Crippen molar-refractivity contribution in [2.75, 3.05) is 7.11 Å². The highest BCUT2D eigenvalue weighted by atomic mass is 16.6. The molecular formula is C11H12N2O4. The van der Waals surface area contributed by atoms with Gasteiger partial charge in [-0.25, -0.2) is 9.78 Å². The third kappa shape index (κ3) is 2.11. The normalized spacial score (nSPS) is 13.9. The maximum atomic E-state index is 11.4. The summed E-state index contributed by atoms with van der Waals surface area (Å²) < 4.78 is 4.51. The molecule has 0 spiro atoms. The number of esters is 1. The van der Waals surface area contributed by atoms with E-state index in [-0.39, 0.29) is 11.4 Å². The molecule has 0 atom stereocenters. The van der Waals surface area contributed by atoms with Gasteiger partial charge in [-0.2, -0.15) is 0 Å². The fourth-order valence-electron chi connectivity index (χ4n) is 2.01. The van der Waals surface area contributed by atoms with Crippen LogP contribution in [0.1, 0.15) is 34.6 Å². The predicted molar refractivity (Wildman–Crippen MR) is 58.9 cm³/mol. The molecule has 0 saturated carbocycles. The maximum absolute atomic E-state index is 11.4. The Morgan fingerprint density at radius 1 is 1.47 bits per heavy atom. The van der Waals surface area contributed by atoms with Crippen LogP contribution in [-0.2, 0) is 17.6 Å². The van der Waals surface area contributed by atoms with Crippen molar-refractivity contribution < 1.29 is 14.5 Å². The van der Waals surface area contributed by atoms with Crippen LogP contribution in [0, 0.1) is 10.1 Å². The van der Waals surface area contributed by atoms with Crippen molar-refractivity contribution >= 4 is 11.7 Å². The Kier molecular flexibility index (Phi) is 3.03. The van der Waals surface area contributed by atoms with Gasteiger partial charge in [0.1, 0.15) is 0 Å². The van der Waals surface area contributed by atoms with Crippen molar-refractivity contribution in [3.63, 3.8) is 0 Å². The van der Waals surface area contributed by atoms with Crippen LogP contribution in [0.25, 0.3) is 0 Å². The first-order valence-corrected chi connectivity index (χ1v) is 5.39. The van der Waals surface area contributed by atoms with Crippen LogP contribution in [0.3, 0.4) is 0 Å². The molecule has 0 amide bonds. The topological polar surface area (TPSA) is 82.3 Å². The number of carbonyl (C=O) groups is 1. The summed E-state index contributed by atoms with van der Waals surface area (Å²) in [4.78, 5) is 25.8. The lowest BCUT2D eigenvalue weighted by Gasteiger charge is -2.14. The lowest BCUT2D eigenvalue weighted by molar-refractivity contribution is -0.385. The maximum Gasteiger partial charge on any atom is 0.363 e. The van der Waals surface area contributed by atoms with Crippen molar-refractivity contribution in [1.29, 1.82) is 0 Å². The van der Waals surface area contributed by atoms with Crippen molar-refractivity contribution in [3.05, 3.63) is 33.1 Å². The number of hydrogen-bond acceptors (Lipinski definition) is 5. The summed E-state index contributed by atoms with van der Waals surface area (Å²) in [6.07, 6.45) is 3.55. The summed E-state index contributed by atoms with van der Waals surface area (Å²) in [5.41, 5.74) is 1.19. The molecule has 0 saturated heterocycles. The standard InChI is InChI=1S/C11H12N2O4/c1-17-11(14)10-9(13(15)16)6-7-4-2-3-5-8(7)12-10/h6H,2-5H2,1H3. The van der Waals surface area contributed by atoms with Gasteiger partial charge in [0, 0.05) is 11.8 Å². The molecule has 0 N–H and O–H groups in total. The van der Waals surface area contributed by atoms with E-state index < -0.39 is 10.9 Å². The zero-order valence-electron chi connectivity index (χ0n) is 9.43. The highest BCUT2D eigenvalue weighted by molar-refractivity contribution is 5.91. The van der Waals surface area contributed by atoms with Gasteiger partial charge in [0.15, 0.2) is 0 Å². The molecule has 0 unspecified atom stereocenters. The van der Waals surface area contributed by atoms with Crippen LogP contribution in [0.15, 0.2) is 6.07 Å². The summed E-state index contributed by atoms with van der Waals surface area (Å²) in [5, 5.41) is 10.9. The number of pyridine rings is 1. The van der Waals surface area contributed by atoms with E-state index in [1.165, 1.54) is 13.2 Å². The van der Waals surface area contributed by atoms with E-state index in [0.717, 1.165) is 36.9 Å². The van der Waals surface area contributed by atoms with Crippen LogP contribution in [0.2, 0.25) is 0 Å². The number of nitro groups is 1. The molecule has 90 valence electrons. The van der Waals surface area contributed by atoms with Gasteiger partial charge < -0.3 is 4.74 Å². The fourth-order valence-corrected chi connectivity index (χ4v) is 2.01. The molecule has 0 aromatic carbocycles. The predicted octanol–water partition coefficient (Wildman–Crippen LogP) is 1.66. The zero-order valence-corrected chi connectivity index (χ0v) is 9.43. The number of aromatic nitrogens is 1. The Bertz CT molecular complexity index is 485. The van der Waals surface area contributed by atoms with Gasteiger partial charge in [-0.05, 0) is 31.2 Å². The molecule has 0 radical (unpaired) electrons. The molecule has 0 aliphatic heterocycles. The number of fused-ring (bicyclic) bond motifs is 1. The molecular weight excluding hydrogens is 224 g/mol. The number of rotatable bonds is 2. The Morgan fingerprint density at radius 2 is 2.18 bits per heavy atom. The first-order chi connectivity index (χ1) is 8.13. The highest BCUT2D eigenvalue weighted by Gasteiger charge is 2.26. The van der Waals surface area contributed by atoms with Crippen LogP contribution in [-0.4, -0.2) is 23.0 Å². The molecule has 6 heteroatoms. The van der Waals surface area contributed by atoms with Gasteiger partial charge >= 0.3 is 11.7 Å². The molecule has 2 rings (SSSR count). The number of nitrogens with zero attached hydrogens (tertiary/aromatic N) is 2. The largest absolute Gasteiger partial charge is 0.464 e. The van der Waals surface area contributed by atoms with Gasteiger partial charge in [0.2, 0.25) is 5.69 Å². The Hall–Kier alpha value is -1.98. The van der Waals surface area contributed by atoms with E-state index in [1.807, 2.05) is 0 Å². The lowest BCUT2D eigenvalue weighted by Crippen LogP contribution is -2.14. The summed E-state index contributed by atoms with van der Waals surface area (Å²) in [7, 11) is 1.19. The van der Waals surface area contributed by atoms with Gasteiger partial charge in [0.25, 0.3) is 0 Å². The van der Waals surface area contributed by atoms with Crippen molar-refractivity contribution in [2.45, 2.75) is 25.7 Å². The highest BCUT2D eigenvalue weighted by Crippen LogP contribution is 2.26. The van der Waals surface area contributed by atoms with E-state index >= 15 is 0 Å². The minimum absolute atomic E-state index is 0.196. The lowest BCUT2D eigenvalue weighted by atomic mass is 9.95. The minimum atomic E-state index is -0.759. The van der Waals surface area contributed by atoms with Crippen LogP contribution < -0.4 is 0 Å². The molecule has 17 heavy (non-hydrogen) atoms. The molecule has 0 bridgehead atoms. The number of carbonyl (C=O) groups excluding carboxylic acids is 1. The van der Waals surface area contributed by atoms with E-state index in [1.54, 1.807) is 0 Å². The number of ether oxygens (including phenoxy) is 1. The summed E-state index contributed by atoms with van der Waals surface area (Å²) in [6, 6.07) is 1.45. The van der Waals surface area contributed by atoms with E-state index in [2.05, 4.69) is 9.72 Å². The van der Waals surface area contributed by atoms with Gasteiger partial charge in [-0.3, -0.25) is 10.1 Å². The SMILES string of the molecule is COC(=O)c1nc2c(cc1[N+](=O)[O-])CCCC2. The van der Waals surface area contributed by atoms with Crippen LogP contribution >= 0.6 is 0 Å². The fraction of sp³-hybridized carbons (Fsp3) is 0.455. The molecule has 1 aromatic rings. The van der Waals surface area contributed by atoms with E-state index in [4.69, 9.17) is 0 Å². The monoisotopic (exact) mass is 236 g/mol. The van der Waals surface area contributed by atoms with E-state index in [9.17, 15) is 14.9 Å². The molecule has 1 aliphatic rings. The number of aryl methyl sites for hydroxylation is 2. The van der Waals surface area contributed by atoms with Crippen molar-refractivity contribution in [1.82, 2.24) is 4.98 Å². The first kappa shape index (κ1) is 11.5. The first-order valence-electron chi connectivity index (χ1n) is 5.39. The molecule has 1 heterocycles. The molecule has 1 aliphatic carbocycles. The Labute approximate surface area is 97.8 Å². The molecule has 6 nitrogen and oxygen atoms in total. The number of methoxy groups -OCH3 is 1. The second kappa shape index (κ2) is 4.48. The zero-order chi connectivity index (χ0) is 12.4. The van der Waals surface area contributed by atoms with E-state index in [0.29, 0.717) is 0 Å². The second-order valence-corrected chi connectivity index (χ2v) is 3.92. The average molecular weight is 236 g/mol. The van der Waals surface area contributed by atoms with Gasteiger partial charge in [-0.1, -0.05) is 0 Å². The molecule has 1 aromatic heterocycles. The van der Waals surface area contributed by atoms with Gasteiger partial charge in [-0.15, -0.1) is 0 Å². The minimum Gasteiger partial charge on any atom is -0.464 e. The summed E-state index contributed by atoms with van der Waals surface area (Å²) >= 11 is 0. The summed E-state index contributed by atoms with van der Waals surface area (Å²) in [6.45, 7) is 0. The van der Waals surface area contributed by atoms with Crippen molar-refractivity contribution in [2.24, 2.45) is 0 Å². The van der Waals surface area contributed by atoms with Crippen LogP contribution in [0.4, 0.5) is 5.69 Å². The Morgan fingerprint density at radius 3 is 2.82 bits per heavy atom. The van der Waals surface area contributed by atoms with Gasteiger partial charge in [0.05, 0.1) is 12.0 Å². The third-order valence-electron chi connectivity index (χ3n) is 2.86. The quantitative estimate of drug-likeness (QED) is 0.443. The van der Waals surface area contributed by atoms with Crippen molar-refractivity contribution in [3.8, 4) is 0 Å². The Balaban J connectivity index is 2.55. The molecule has 0 fully saturated rings. The second-order valence-electron chi connectivity index (χ2n) is 3.92. The third-order valence-corrected chi connectivity index (χ3v) is 2.86. The van der Waals surface area contributed by atoms with Crippen LogP contribution in [0.5, 0.6) is 0 Å². The average Bonchev–Trinajstić information content (AvgIpc) is 2.36. The smallest absolute Gasteiger partial charge is 0.363 e.